The third kappa shape index (κ3) is 2.61. The molecule has 4 nitrogen and oxygen atoms in total. The molecule has 4 heteroatoms. The summed E-state index contributed by atoms with van der Waals surface area (Å²) in [5, 5.41) is 28.6. The summed E-state index contributed by atoms with van der Waals surface area (Å²) in [4.78, 5) is 0. The van der Waals surface area contributed by atoms with Crippen molar-refractivity contribution in [2.24, 2.45) is 0 Å². The van der Waals surface area contributed by atoms with Crippen LogP contribution in [0.3, 0.4) is 0 Å². The first-order valence-corrected chi connectivity index (χ1v) is 4.49. The Morgan fingerprint density at radius 3 is 2.50 bits per heavy atom. The SMILES string of the molecule is Cc1ccc(NC=C(C#N)C#N)cc1C#N. The maximum Gasteiger partial charge on any atom is 0.145 e. The molecule has 0 bridgehead atoms. The zero-order valence-electron chi connectivity index (χ0n) is 8.65. The second-order valence-corrected chi connectivity index (χ2v) is 3.07. The Morgan fingerprint density at radius 2 is 1.94 bits per heavy atom. The minimum absolute atomic E-state index is 0.0147. The molecule has 1 rings (SSSR count). The van der Waals surface area contributed by atoms with Crippen LogP contribution in [-0.2, 0) is 0 Å². The molecular formula is C12H8N4. The highest BCUT2D eigenvalue weighted by Gasteiger charge is 1.98. The summed E-state index contributed by atoms with van der Waals surface area (Å²) in [7, 11) is 0. The lowest BCUT2D eigenvalue weighted by molar-refractivity contribution is 1.38. The van der Waals surface area contributed by atoms with Crippen LogP contribution in [-0.4, -0.2) is 0 Å². The summed E-state index contributed by atoms with van der Waals surface area (Å²) in [6, 6.07) is 10.8. The Labute approximate surface area is 93.7 Å². The van der Waals surface area contributed by atoms with E-state index in [2.05, 4.69) is 11.4 Å². The van der Waals surface area contributed by atoms with Gasteiger partial charge in [-0.25, -0.2) is 0 Å². The predicted octanol–water partition coefficient (Wildman–Crippen LogP) is 2.21. The minimum Gasteiger partial charge on any atom is -0.360 e. The molecule has 1 aromatic carbocycles. The quantitative estimate of drug-likeness (QED) is 0.755. The molecule has 0 saturated carbocycles. The summed E-state index contributed by atoms with van der Waals surface area (Å²) in [6.45, 7) is 1.84. The molecule has 0 saturated heterocycles. The molecule has 1 N–H and O–H groups in total. The lowest BCUT2D eigenvalue weighted by Crippen LogP contribution is -1.91. The van der Waals surface area contributed by atoms with Crippen molar-refractivity contribution in [1.29, 1.82) is 15.8 Å². The number of hydrogen-bond acceptors (Lipinski definition) is 4. The Balaban J connectivity index is 2.94. The van der Waals surface area contributed by atoms with Gasteiger partial charge in [-0.3, -0.25) is 0 Å². The first-order chi connectivity index (χ1) is 7.71. The number of benzene rings is 1. The van der Waals surface area contributed by atoms with Gasteiger partial charge >= 0.3 is 0 Å². The summed E-state index contributed by atoms with van der Waals surface area (Å²) in [5.74, 6) is 0. The number of allylic oxidation sites excluding steroid dienone is 1. The highest BCUT2D eigenvalue weighted by Crippen LogP contribution is 2.14. The third-order valence-electron chi connectivity index (χ3n) is 1.98. The molecule has 0 aliphatic carbocycles. The van der Waals surface area contributed by atoms with Crippen LogP contribution in [0.2, 0.25) is 0 Å². The van der Waals surface area contributed by atoms with Crippen LogP contribution in [0, 0.1) is 40.9 Å². The number of nitrogens with zero attached hydrogens (tertiary/aromatic N) is 3. The second-order valence-electron chi connectivity index (χ2n) is 3.07. The average molecular weight is 208 g/mol. The molecule has 0 fully saturated rings. The smallest absolute Gasteiger partial charge is 0.145 e. The van der Waals surface area contributed by atoms with Gasteiger partial charge in [0.25, 0.3) is 0 Å². The molecule has 0 spiro atoms. The maximum absolute atomic E-state index is 8.81. The van der Waals surface area contributed by atoms with Crippen LogP contribution < -0.4 is 5.32 Å². The summed E-state index contributed by atoms with van der Waals surface area (Å²) >= 11 is 0. The van der Waals surface area contributed by atoms with Gasteiger partial charge in [0.15, 0.2) is 0 Å². The van der Waals surface area contributed by atoms with Gasteiger partial charge in [0.2, 0.25) is 0 Å². The molecule has 0 unspecified atom stereocenters. The molecule has 0 atom stereocenters. The molecule has 0 heterocycles. The highest BCUT2D eigenvalue weighted by molar-refractivity contribution is 5.55. The fourth-order valence-corrected chi connectivity index (χ4v) is 1.08. The first-order valence-electron chi connectivity index (χ1n) is 4.49. The van der Waals surface area contributed by atoms with E-state index < -0.39 is 0 Å². The van der Waals surface area contributed by atoms with Gasteiger partial charge < -0.3 is 5.32 Å². The Bertz CT molecular complexity index is 534. The van der Waals surface area contributed by atoms with Crippen molar-refractivity contribution < 1.29 is 0 Å². The van der Waals surface area contributed by atoms with E-state index in [1.54, 1.807) is 30.3 Å². The van der Waals surface area contributed by atoms with Crippen LogP contribution in [0.25, 0.3) is 0 Å². The highest BCUT2D eigenvalue weighted by atomic mass is 14.8. The molecular weight excluding hydrogens is 200 g/mol. The van der Waals surface area contributed by atoms with E-state index in [4.69, 9.17) is 15.8 Å². The number of aryl methyl sites for hydroxylation is 1. The third-order valence-corrected chi connectivity index (χ3v) is 1.98. The van der Waals surface area contributed by atoms with Gasteiger partial charge in [-0.2, -0.15) is 15.8 Å². The number of rotatable bonds is 2. The van der Waals surface area contributed by atoms with Crippen LogP contribution in [0.1, 0.15) is 11.1 Å². The van der Waals surface area contributed by atoms with E-state index in [1.807, 2.05) is 6.92 Å². The van der Waals surface area contributed by atoms with E-state index >= 15 is 0 Å². The molecule has 16 heavy (non-hydrogen) atoms. The lowest BCUT2D eigenvalue weighted by atomic mass is 10.1. The monoisotopic (exact) mass is 208 g/mol. The number of anilines is 1. The minimum atomic E-state index is -0.0147. The Hall–Kier alpha value is -2.77. The van der Waals surface area contributed by atoms with Crippen LogP contribution in [0.15, 0.2) is 30.0 Å². The molecule has 0 aromatic heterocycles. The fourth-order valence-electron chi connectivity index (χ4n) is 1.08. The van der Waals surface area contributed by atoms with Crippen molar-refractivity contribution in [3.05, 3.63) is 41.1 Å². The summed E-state index contributed by atoms with van der Waals surface area (Å²) in [5.41, 5.74) is 2.11. The first kappa shape index (κ1) is 11.3. The van der Waals surface area contributed by atoms with E-state index in [-0.39, 0.29) is 5.57 Å². The van der Waals surface area contributed by atoms with E-state index in [0.29, 0.717) is 11.3 Å². The number of hydrogen-bond donors (Lipinski definition) is 1. The summed E-state index contributed by atoms with van der Waals surface area (Å²) in [6.07, 6.45) is 1.31. The van der Waals surface area contributed by atoms with Gasteiger partial charge in [0.1, 0.15) is 17.7 Å². The molecule has 0 amide bonds. The fraction of sp³-hybridized carbons (Fsp3) is 0.0833. The normalized spacial score (nSPS) is 8.12. The molecule has 0 radical (unpaired) electrons. The molecule has 76 valence electrons. The second kappa shape index (κ2) is 5.20. The predicted molar refractivity (Wildman–Crippen MR) is 58.8 cm³/mol. The van der Waals surface area contributed by atoms with Crippen molar-refractivity contribution >= 4 is 5.69 Å². The summed E-state index contributed by atoms with van der Waals surface area (Å²) < 4.78 is 0. The topological polar surface area (TPSA) is 83.4 Å². The van der Waals surface area contributed by atoms with Crippen molar-refractivity contribution in [2.75, 3.05) is 5.32 Å². The maximum atomic E-state index is 8.81. The van der Waals surface area contributed by atoms with Gasteiger partial charge in [0, 0.05) is 11.9 Å². The Kier molecular flexibility index (Phi) is 3.67. The van der Waals surface area contributed by atoms with Gasteiger partial charge in [-0.1, -0.05) is 6.07 Å². The van der Waals surface area contributed by atoms with E-state index in [0.717, 1.165) is 5.56 Å². The van der Waals surface area contributed by atoms with Gasteiger partial charge in [0.05, 0.1) is 11.6 Å². The van der Waals surface area contributed by atoms with Crippen LogP contribution in [0.4, 0.5) is 5.69 Å². The average Bonchev–Trinajstić information content (AvgIpc) is 2.32. The van der Waals surface area contributed by atoms with E-state index in [1.165, 1.54) is 6.20 Å². The standard InChI is InChI=1S/C12H8N4/c1-9-2-3-12(4-11(9)7-15)16-8-10(5-13)6-14/h2-4,8,16H,1H3. The van der Waals surface area contributed by atoms with Crippen molar-refractivity contribution in [3.8, 4) is 18.2 Å². The molecule has 0 aliphatic rings. The molecule has 0 aliphatic heterocycles. The van der Waals surface area contributed by atoms with Crippen LogP contribution >= 0.6 is 0 Å². The van der Waals surface area contributed by atoms with E-state index in [9.17, 15) is 0 Å². The van der Waals surface area contributed by atoms with Crippen LogP contribution in [0.5, 0.6) is 0 Å². The van der Waals surface area contributed by atoms with Crippen molar-refractivity contribution in [2.45, 2.75) is 6.92 Å². The van der Waals surface area contributed by atoms with Crippen molar-refractivity contribution in [3.63, 3.8) is 0 Å². The zero-order chi connectivity index (χ0) is 12.0. The van der Waals surface area contributed by atoms with Gasteiger partial charge in [-0.15, -0.1) is 0 Å². The number of nitriles is 3. The molecule has 1 aromatic rings. The zero-order valence-corrected chi connectivity index (χ0v) is 8.65. The number of nitrogens with one attached hydrogen (secondary N) is 1. The van der Waals surface area contributed by atoms with Gasteiger partial charge in [-0.05, 0) is 24.6 Å². The lowest BCUT2D eigenvalue weighted by Gasteiger charge is -2.02. The van der Waals surface area contributed by atoms with Crippen molar-refractivity contribution in [1.82, 2.24) is 0 Å². The Morgan fingerprint density at radius 1 is 1.25 bits per heavy atom. The largest absolute Gasteiger partial charge is 0.360 e.